The Labute approximate surface area is 122 Å². The number of carbonyl (C=O) groups excluding carboxylic acids is 1. The van der Waals surface area contributed by atoms with Gasteiger partial charge in [0.25, 0.3) is 0 Å². The van der Waals surface area contributed by atoms with Gasteiger partial charge in [0, 0.05) is 31.0 Å². The molecule has 1 aromatic heterocycles. The summed E-state index contributed by atoms with van der Waals surface area (Å²) in [5.41, 5.74) is 6.57. The van der Waals surface area contributed by atoms with E-state index >= 15 is 0 Å². The quantitative estimate of drug-likeness (QED) is 0.795. The Bertz CT molecular complexity index is 392. The van der Waals surface area contributed by atoms with Crippen LogP contribution in [0.4, 0.5) is 5.69 Å². The summed E-state index contributed by atoms with van der Waals surface area (Å²) in [5.74, 6) is 1.28. The van der Waals surface area contributed by atoms with Crippen LogP contribution in [-0.2, 0) is 4.79 Å². The molecule has 20 heavy (non-hydrogen) atoms. The van der Waals surface area contributed by atoms with Crippen LogP contribution in [0.1, 0.15) is 40.0 Å². The molecule has 0 fully saturated rings. The molecule has 4 heteroatoms. The first-order valence-corrected chi connectivity index (χ1v) is 7.50. The lowest BCUT2D eigenvalue weighted by Crippen LogP contribution is -2.31. The Kier molecular flexibility index (Phi) is 7.23. The van der Waals surface area contributed by atoms with Crippen LogP contribution in [0.2, 0.25) is 0 Å². The van der Waals surface area contributed by atoms with Crippen LogP contribution in [0.15, 0.2) is 24.5 Å². The summed E-state index contributed by atoms with van der Waals surface area (Å²) >= 11 is 0. The molecule has 0 aliphatic carbocycles. The van der Waals surface area contributed by atoms with Crippen molar-refractivity contribution in [2.24, 2.45) is 17.6 Å². The number of hydrogen-bond donors (Lipinski definition) is 1. The van der Waals surface area contributed by atoms with Crippen LogP contribution in [0.25, 0.3) is 0 Å². The SMILES string of the molecule is CCN(C(=O)CCC(CCN)C(C)C)c1ccncc1. The Hall–Kier alpha value is -1.42. The van der Waals surface area contributed by atoms with Crippen LogP contribution in [-0.4, -0.2) is 24.0 Å². The van der Waals surface area contributed by atoms with Crippen molar-refractivity contribution < 1.29 is 4.79 Å². The fourth-order valence-electron chi connectivity index (χ4n) is 2.50. The molecule has 0 aliphatic heterocycles. The standard InChI is InChI=1S/C16H27N3O/c1-4-19(15-8-11-18-12-9-15)16(20)6-5-14(7-10-17)13(2)3/h8-9,11-14H,4-7,10,17H2,1-3H3. The van der Waals surface area contributed by atoms with Gasteiger partial charge in [-0.05, 0) is 50.3 Å². The van der Waals surface area contributed by atoms with E-state index in [0.29, 0.717) is 31.3 Å². The van der Waals surface area contributed by atoms with Gasteiger partial charge < -0.3 is 10.6 Å². The predicted octanol–water partition coefficient (Wildman–Crippen LogP) is 2.84. The summed E-state index contributed by atoms with van der Waals surface area (Å²) in [7, 11) is 0. The minimum Gasteiger partial charge on any atom is -0.330 e. The van der Waals surface area contributed by atoms with Gasteiger partial charge in [0.1, 0.15) is 0 Å². The number of anilines is 1. The van der Waals surface area contributed by atoms with Crippen molar-refractivity contribution in [2.45, 2.75) is 40.0 Å². The largest absolute Gasteiger partial charge is 0.330 e. The average Bonchev–Trinajstić information content (AvgIpc) is 2.45. The number of amides is 1. The van der Waals surface area contributed by atoms with E-state index in [0.717, 1.165) is 18.5 Å². The molecule has 1 aromatic rings. The van der Waals surface area contributed by atoms with Gasteiger partial charge in [0.2, 0.25) is 5.91 Å². The van der Waals surface area contributed by atoms with E-state index < -0.39 is 0 Å². The second kappa shape index (κ2) is 8.69. The van der Waals surface area contributed by atoms with Crippen molar-refractivity contribution in [2.75, 3.05) is 18.0 Å². The summed E-state index contributed by atoms with van der Waals surface area (Å²) < 4.78 is 0. The van der Waals surface area contributed by atoms with E-state index in [-0.39, 0.29) is 5.91 Å². The Morgan fingerprint density at radius 1 is 1.30 bits per heavy atom. The molecule has 0 saturated carbocycles. The van der Waals surface area contributed by atoms with Crippen LogP contribution in [0.5, 0.6) is 0 Å². The Morgan fingerprint density at radius 3 is 2.45 bits per heavy atom. The molecule has 0 aromatic carbocycles. The number of hydrogen-bond acceptors (Lipinski definition) is 3. The van der Waals surface area contributed by atoms with Crippen LogP contribution in [0.3, 0.4) is 0 Å². The molecule has 112 valence electrons. The molecule has 0 radical (unpaired) electrons. The molecule has 2 N–H and O–H groups in total. The first kappa shape index (κ1) is 16.6. The van der Waals surface area contributed by atoms with E-state index in [9.17, 15) is 4.79 Å². The topological polar surface area (TPSA) is 59.2 Å². The molecular formula is C16H27N3O. The first-order chi connectivity index (χ1) is 9.60. The summed E-state index contributed by atoms with van der Waals surface area (Å²) in [6, 6.07) is 3.75. The third kappa shape index (κ3) is 4.93. The van der Waals surface area contributed by atoms with Gasteiger partial charge in [-0.2, -0.15) is 0 Å². The number of rotatable bonds is 8. The van der Waals surface area contributed by atoms with Crippen molar-refractivity contribution in [3.05, 3.63) is 24.5 Å². The van der Waals surface area contributed by atoms with Gasteiger partial charge in [0.15, 0.2) is 0 Å². The van der Waals surface area contributed by atoms with Gasteiger partial charge >= 0.3 is 0 Å². The van der Waals surface area contributed by atoms with Gasteiger partial charge in [-0.25, -0.2) is 0 Å². The lowest BCUT2D eigenvalue weighted by molar-refractivity contribution is -0.118. The van der Waals surface area contributed by atoms with Gasteiger partial charge in [-0.1, -0.05) is 13.8 Å². The summed E-state index contributed by atoms with van der Waals surface area (Å²) in [5, 5.41) is 0. The van der Waals surface area contributed by atoms with Crippen molar-refractivity contribution in [3.8, 4) is 0 Å². The Morgan fingerprint density at radius 2 is 1.95 bits per heavy atom. The number of nitrogens with two attached hydrogens (primary N) is 1. The highest BCUT2D eigenvalue weighted by Gasteiger charge is 2.18. The zero-order chi connectivity index (χ0) is 15.0. The zero-order valence-electron chi connectivity index (χ0n) is 12.9. The third-order valence-electron chi connectivity index (χ3n) is 3.80. The van der Waals surface area contributed by atoms with Crippen molar-refractivity contribution in [3.63, 3.8) is 0 Å². The minimum absolute atomic E-state index is 0.182. The molecule has 4 nitrogen and oxygen atoms in total. The minimum atomic E-state index is 0.182. The van der Waals surface area contributed by atoms with E-state index in [1.165, 1.54) is 0 Å². The fraction of sp³-hybridized carbons (Fsp3) is 0.625. The lowest BCUT2D eigenvalue weighted by Gasteiger charge is -2.24. The average molecular weight is 277 g/mol. The maximum atomic E-state index is 12.4. The normalized spacial score (nSPS) is 12.4. The number of carbonyl (C=O) groups is 1. The van der Waals surface area contributed by atoms with Crippen molar-refractivity contribution >= 4 is 11.6 Å². The molecule has 0 bridgehead atoms. The van der Waals surface area contributed by atoms with Gasteiger partial charge in [-0.3, -0.25) is 9.78 Å². The number of nitrogens with zero attached hydrogens (tertiary/aromatic N) is 2. The second-order valence-corrected chi connectivity index (χ2v) is 5.46. The Balaban J connectivity index is 2.60. The highest BCUT2D eigenvalue weighted by Crippen LogP contribution is 2.22. The fourth-order valence-corrected chi connectivity index (χ4v) is 2.50. The van der Waals surface area contributed by atoms with Crippen LogP contribution < -0.4 is 10.6 Å². The van der Waals surface area contributed by atoms with E-state index in [4.69, 9.17) is 5.73 Å². The van der Waals surface area contributed by atoms with Gasteiger partial charge in [0.05, 0.1) is 0 Å². The predicted molar refractivity (Wildman–Crippen MR) is 83.5 cm³/mol. The van der Waals surface area contributed by atoms with E-state index in [2.05, 4.69) is 18.8 Å². The first-order valence-electron chi connectivity index (χ1n) is 7.50. The molecule has 0 aliphatic rings. The molecule has 1 rings (SSSR count). The molecule has 1 atom stereocenters. The van der Waals surface area contributed by atoms with Crippen LogP contribution >= 0.6 is 0 Å². The summed E-state index contributed by atoms with van der Waals surface area (Å²) in [6.07, 6.45) is 5.92. The molecule has 0 saturated heterocycles. The van der Waals surface area contributed by atoms with E-state index in [1.54, 1.807) is 12.4 Å². The molecule has 1 amide bonds. The maximum Gasteiger partial charge on any atom is 0.226 e. The smallest absolute Gasteiger partial charge is 0.226 e. The van der Waals surface area contributed by atoms with E-state index in [1.807, 2.05) is 24.0 Å². The molecule has 1 unspecified atom stereocenters. The number of aromatic nitrogens is 1. The number of pyridine rings is 1. The highest BCUT2D eigenvalue weighted by atomic mass is 16.2. The maximum absolute atomic E-state index is 12.4. The lowest BCUT2D eigenvalue weighted by atomic mass is 9.88. The molecule has 1 heterocycles. The van der Waals surface area contributed by atoms with Crippen molar-refractivity contribution in [1.82, 2.24) is 4.98 Å². The summed E-state index contributed by atoms with van der Waals surface area (Å²) in [4.78, 5) is 18.2. The zero-order valence-corrected chi connectivity index (χ0v) is 12.9. The van der Waals surface area contributed by atoms with Crippen LogP contribution in [0, 0.1) is 11.8 Å². The molecule has 0 spiro atoms. The second-order valence-electron chi connectivity index (χ2n) is 5.46. The van der Waals surface area contributed by atoms with Crippen molar-refractivity contribution in [1.29, 1.82) is 0 Å². The third-order valence-corrected chi connectivity index (χ3v) is 3.80. The summed E-state index contributed by atoms with van der Waals surface area (Å²) in [6.45, 7) is 7.78. The monoisotopic (exact) mass is 277 g/mol. The van der Waals surface area contributed by atoms with Gasteiger partial charge in [-0.15, -0.1) is 0 Å². The molecular weight excluding hydrogens is 250 g/mol. The highest BCUT2D eigenvalue weighted by molar-refractivity contribution is 5.93.